The fourth-order valence-electron chi connectivity index (χ4n) is 2.54. The van der Waals surface area contributed by atoms with Gasteiger partial charge in [0.2, 0.25) is 0 Å². The maximum atomic E-state index is 13.8. The second-order valence-electron chi connectivity index (χ2n) is 5.01. The molecule has 2 rings (SSSR count). The largest absolute Gasteiger partial charge is 0.481 e. The molecular weight excluding hydrogens is 319 g/mol. The molecule has 0 saturated carbocycles. The first-order chi connectivity index (χ1) is 10.6. The van der Waals surface area contributed by atoms with Gasteiger partial charge in [0.1, 0.15) is 5.66 Å². The lowest BCUT2D eigenvalue weighted by atomic mass is 10.2. The lowest BCUT2D eigenvalue weighted by Crippen LogP contribution is -2.31. The summed E-state index contributed by atoms with van der Waals surface area (Å²) >= 11 is 5.71. The van der Waals surface area contributed by atoms with E-state index in [1.807, 2.05) is 12.1 Å². The first-order valence-electron chi connectivity index (χ1n) is 7.10. The predicted octanol–water partition coefficient (Wildman–Crippen LogP) is 3.47. The third-order valence-corrected chi connectivity index (χ3v) is 7.37. The summed E-state index contributed by atoms with van der Waals surface area (Å²) in [5.41, 5.74) is -0.962. The van der Waals surface area contributed by atoms with E-state index in [2.05, 4.69) is 0 Å². The van der Waals surface area contributed by atoms with Crippen LogP contribution >= 0.6 is 18.7 Å². The smallest absolute Gasteiger partial charge is 0.314 e. The lowest BCUT2D eigenvalue weighted by Gasteiger charge is -2.25. The van der Waals surface area contributed by atoms with Crippen LogP contribution in [0.4, 0.5) is 0 Å². The van der Waals surface area contributed by atoms with E-state index in [1.165, 1.54) is 0 Å². The average Bonchev–Trinajstić information content (AvgIpc) is 2.56. The van der Waals surface area contributed by atoms with E-state index >= 15 is 0 Å². The van der Waals surface area contributed by atoms with Gasteiger partial charge in [-0.1, -0.05) is 60.7 Å². The number of rotatable bonds is 7. The van der Waals surface area contributed by atoms with Crippen LogP contribution in [0.2, 0.25) is 0 Å². The van der Waals surface area contributed by atoms with Crippen molar-refractivity contribution in [1.29, 1.82) is 0 Å². The summed E-state index contributed by atoms with van der Waals surface area (Å²) in [6.45, 7) is 0. The zero-order chi connectivity index (χ0) is 16.0. The minimum atomic E-state index is -3.28. The highest BCUT2D eigenvalue weighted by atomic mass is 35.5. The molecule has 0 saturated heterocycles. The van der Waals surface area contributed by atoms with Gasteiger partial charge in [-0.05, 0) is 12.8 Å². The molecule has 0 heterocycles. The van der Waals surface area contributed by atoms with Crippen LogP contribution in [0.1, 0.15) is 12.8 Å². The monoisotopic (exact) mass is 336 g/mol. The first kappa shape index (κ1) is 16.8. The van der Waals surface area contributed by atoms with E-state index in [-0.39, 0.29) is 0 Å². The normalized spacial score (nSPS) is 12.8. The Morgan fingerprint density at radius 1 is 1.00 bits per heavy atom. The molecule has 0 spiro atoms. The number of carboxylic acids is 1. The molecule has 0 radical (unpaired) electrons. The molecule has 0 amide bonds. The minimum Gasteiger partial charge on any atom is -0.481 e. The van der Waals surface area contributed by atoms with Crippen molar-refractivity contribution >= 4 is 35.3 Å². The Balaban J connectivity index is 2.59. The van der Waals surface area contributed by atoms with Crippen molar-refractivity contribution in [2.45, 2.75) is 18.5 Å². The lowest BCUT2D eigenvalue weighted by molar-refractivity contribution is -0.136. The Kier molecular flexibility index (Phi) is 5.82. The van der Waals surface area contributed by atoms with Crippen molar-refractivity contribution in [3.8, 4) is 0 Å². The molecule has 116 valence electrons. The van der Waals surface area contributed by atoms with E-state index in [1.54, 1.807) is 48.5 Å². The molecule has 0 aromatic heterocycles. The number of hydrogen-bond donors (Lipinski definition) is 1. The second kappa shape index (κ2) is 7.62. The molecule has 5 heteroatoms. The number of hydrogen-bond acceptors (Lipinski definition) is 2. The number of aliphatic carboxylic acids is 1. The third kappa shape index (κ3) is 3.43. The Morgan fingerprint density at radius 3 is 1.82 bits per heavy atom. The molecule has 3 nitrogen and oxygen atoms in total. The quantitative estimate of drug-likeness (QED) is 0.622. The zero-order valence-electron chi connectivity index (χ0n) is 12.1. The standard InChI is InChI=1S/C17H18ClO3P/c18-13-7-12-16(17(19)20)22(21,14-8-3-1-4-9-14)15-10-5-2-6-11-15/h1-6,8-11,16H,7,12-13H2,(H,19,20)/t16-/m0/s1. The molecule has 0 aliphatic heterocycles. The van der Waals surface area contributed by atoms with E-state index in [0.29, 0.717) is 29.3 Å². The maximum absolute atomic E-state index is 13.8. The molecule has 0 fully saturated rings. The highest BCUT2D eigenvalue weighted by Crippen LogP contribution is 2.50. The van der Waals surface area contributed by atoms with E-state index < -0.39 is 18.8 Å². The van der Waals surface area contributed by atoms with Gasteiger partial charge in [-0.3, -0.25) is 4.79 Å². The van der Waals surface area contributed by atoms with Gasteiger partial charge in [0, 0.05) is 16.5 Å². The molecular formula is C17H18ClO3P. The molecule has 0 bridgehead atoms. The van der Waals surface area contributed by atoms with Gasteiger partial charge < -0.3 is 9.67 Å². The fraction of sp³-hybridized carbons (Fsp3) is 0.235. The van der Waals surface area contributed by atoms with E-state index in [0.717, 1.165) is 0 Å². The van der Waals surface area contributed by atoms with Crippen LogP contribution in [0.25, 0.3) is 0 Å². The Hall–Kier alpha value is -1.57. The summed E-state index contributed by atoms with van der Waals surface area (Å²) in [5, 5.41) is 10.8. The maximum Gasteiger partial charge on any atom is 0.314 e. The number of carboxylic acid groups (broad SMARTS) is 1. The van der Waals surface area contributed by atoms with Gasteiger partial charge in [0.05, 0.1) is 0 Å². The molecule has 0 aliphatic carbocycles. The van der Waals surface area contributed by atoms with Crippen molar-refractivity contribution in [2.24, 2.45) is 0 Å². The number of carbonyl (C=O) groups is 1. The predicted molar refractivity (Wildman–Crippen MR) is 91.1 cm³/mol. The van der Waals surface area contributed by atoms with Crippen molar-refractivity contribution in [2.75, 3.05) is 5.88 Å². The summed E-state index contributed by atoms with van der Waals surface area (Å²) in [4.78, 5) is 11.8. The highest BCUT2D eigenvalue weighted by molar-refractivity contribution is 7.80. The summed E-state index contributed by atoms with van der Waals surface area (Å²) in [5.74, 6) is -0.686. The van der Waals surface area contributed by atoms with Crippen molar-refractivity contribution < 1.29 is 14.5 Å². The van der Waals surface area contributed by atoms with Crippen LogP contribution in [0, 0.1) is 0 Å². The Morgan fingerprint density at radius 2 is 1.45 bits per heavy atom. The number of alkyl halides is 1. The van der Waals surface area contributed by atoms with Crippen LogP contribution in [-0.4, -0.2) is 22.6 Å². The van der Waals surface area contributed by atoms with Crippen LogP contribution < -0.4 is 10.6 Å². The summed E-state index contributed by atoms with van der Waals surface area (Å²) in [6.07, 6.45) is 0.808. The molecule has 2 aromatic carbocycles. The van der Waals surface area contributed by atoms with Crippen molar-refractivity contribution in [3.63, 3.8) is 0 Å². The Bertz CT molecular complexity index is 615. The fourth-order valence-corrected chi connectivity index (χ4v) is 5.80. The molecule has 1 N–H and O–H groups in total. The van der Waals surface area contributed by atoms with Gasteiger partial charge in [-0.25, -0.2) is 0 Å². The molecule has 22 heavy (non-hydrogen) atoms. The van der Waals surface area contributed by atoms with Gasteiger partial charge in [-0.15, -0.1) is 11.6 Å². The van der Waals surface area contributed by atoms with Crippen LogP contribution in [-0.2, 0) is 9.36 Å². The van der Waals surface area contributed by atoms with Crippen LogP contribution in [0.5, 0.6) is 0 Å². The van der Waals surface area contributed by atoms with Crippen molar-refractivity contribution in [3.05, 3.63) is 60.7 Å². The molecule has 1 atom stereocenters. The average molecular weight is 337 g/mol. The first-order valence-corrected chi connectivity index (χ1v) is 9.41. The Labute approximate surface area is 135 Å². The van der Waals surface area contributed by atoms with E-state index in [4.69, 9.17) is 11.6 Å². The van der Waals surface area contributed by atoms with Gasteiger partial charge in [0.25, 0.3) is 0 Å². The number of halogens is 1. The molecule has 0 unspecified atom stereocenters. The van der Waals surface area contributed by atoms with Crippen LogP contribution in [0.3, 0.4) is 0 Å². The third-order valence-electron chi connectivity index (χ3n) is 3.61. The molecule has 0 aliphatic rings. The van der Waals surface area contributed by atoms with Gasteiger partial charge in [-0.2, -0.15) is 0 Å². The van der Waals surface area contributed by atoms with Gasteiger partial charge >= 0.3 is 5.97 Å². The topological polar surface area (TPSA) is 54.4 Å². The SMILES string of the molecule is O=C(O)[C@H](CCCCl)P(=O)(c1ccccc1)c1ccccc1. The zero-order valence-corrected chi connectivity index (χ0v) is 13.7. The van der Waals surface area contributed by atoms with Gasteiger partial charge in [0.15, 0.2) is 7.14 Å². The second-order valence-corrected chi connectivity index (χ2v) is 8.36. The highest BCUT2D eigenvalue weighted by Gasteiger charge is 2.40. The van der Waals surface area contributed by atoms with Crippen molar-refractivity contribution in [1.82, 2.24) is 0 Å². The summed E-state index contributed by atoms with van der Waals surface area (Å²) in [7, 11) is -3.28. The molecule has 2 aromatic rings. The van der Waals surface area contributed by atoms with Crippen LogP contribution in [0.15, 0.2) is 60.7 Å². The summed E-state index contributed by atoms with van der Waals surface area (Å²) < 4.78 is 13.8. The van der Waals surface area contributed by atoms with E-state index in [9.17, 15) is 14.5 Å². The number of benzene rings is 2. The summed E-state index contributed by atoms with van der Waals surface area (Å²) in [6, 6.07) is 17.7. The minimum absolute atomic E-state index is 0.292.